The fraction of sp³-hybridized carbons (Fsp3) is 0.500. The number of benzene rings is 1. The van der Waals surface area contributed by atoms with Gasteiger partial charge in [0.2, 0.25) is 11.8 Å². The predicted molar refractivity (Wildman–Crippen MR) is 97.2 cm³/mol. The Kier molecular flexibility index (Phi) is 6.89. The van der Waals surface area contributed by atoms with Crippen LogP contribution in [0.2, 0.25) is 0 Å². The summed E-state index contributed by atoms with van der Waals surface area (Å²) >= 11 is 0. The van der Waals surface area contributed by atoms with E-state index in [-0.39, 0.29) is 29.3 Å². The zero-order valence-electron chi connectivity index (χ0n) is 15.5. The zero-order valence-corrected chi connectivity index (χ0v) is 15.5. The molecule has 1 aromatic rings. The van der Waals surface area contributed by atoms with Crippen molar-refractivity contribution in [3.63, 3.8) is 0 Å². The van der Waals surface area contributed by atoms with Crippen molar-refractivity contribution < 1.29 is 18.4 Å². The second kappa shape index (κ2) is 8.92. The third-order valence-electron chi connectivity index (χ3n) is 4.43. The summed E-state index contributed by atoms with van der Waals surface area (Å²) in [7, 11) is 0. The lowest BCUT2D eigenvalue weighted by Crippen LogP contribution is -2.61. The lowest BCUT2D eigenvalue weighted by atomic mass is 9.97. The van der Waals surface area contributed by atoms with Crippen molar-refractivity contribution in [3.05, 3.63) is 41.5 Å². The van der Waals surface area contributed by atoms with E-state index in [1.807, 2.05) is 20.8 Å². The molecule has 0 spiro atoms. The number of rotatable bonds is 6. The molecule has 1 aliphatic rings. The molecule has 0 saturated carbocycles. The van der Waals surface area contributed by atoms with Crippen LogP contribution in [0.4, 0.5) is 8.78 Å². The molecule has 0 bridgehead atoms. The Morgan fingerprint density at radius 2 is 2.12 bits per heavy atom. The molecule has 1 aliphatic heterocycles. The minimum atomic E-state index is -0.729. The van der Waals surface area contributed by atoms with Crippen LogP contribution in [-0.2, 0) is 9.59 Å². The van der Waals surface area contributed by atoms with Gasteiger partial charge >= 0.3 is 0 Å². The van der Waals surface area contributed by atoms with Crippen LogP contribution < -0.4 is 5.32 Å². The Morgan fingerprint density at radius 3 is 2.73 bits per heavy atom. The maximum Gasteiger partial charge on any atom is 0.247 e. The van der Waals surface area contributed by atoms with Gasteiger partial charge < -0.3 is 10.2 Å². The quantitative estimate of drug-likeness (QED) is 0.785. The minimum Gasteiger partial charge on any atom is -0.350 e. The monoisotopic (exact) mass is 364 g/mol. The molecule has 2 amide bonds. The van der Waals surface area contributed by atoms with E-state index in [0.29, 0.717) is 13.0 Å². The van der Waals surface area contributed by atoms with Crippen LogP contribution in [0.5, 0.6) is 0 Å². The largest absolute Gasteiger partial charge is 0.350 e. The van der Waals surface area contributed by atoms with Crippen molar-refractivity contribution in [1.29, 1.82) is 0 Å². The molecule has 0 unspecified atom stereocenters. The number of amides is 2. The molecule has 0 aliphatic carbocycles. The Labute approximate surface area is 153 Å². The molecule has 142 valence electrons. The van der Waals surface area contributed by atoms with Gasteiger partial charge in [-0.2, -0.15) is 0 Å². The van der Waals surface area contributed by atoms with Crippen LogP contribution in [0.25, 0.3) is 6.08 Å². The van der Waals surface area contributed by atoms with Crippen molar-refractivity contribution in [3.8, 4) is 0 Å². The first-order chi connectivity index (χ1) is 12.3. The van der Waals surface area contributed by atoms with E-state index in [9.17, 15) is 18.4 Å². The molecular formula is C20H26F2N2O2. The molecule has 1 aromatic carbocycles. The molecule has 1 heterocycles. The Hall–Kier alpha value is -2.24. The zero-order chi connectivity index (χ0) is 19.3. The highest BCUT2D eigenvalue weighted by molar-refractivity contribution is 5.96. The molecule has 0 aromatic heterocycles. The summed E-state index contributed by atoms with van der Waals surface area (Å²) in [6.45, 7) is 6.46. The predicted octanol–water partition coefficient (Wildman–Crippen LogP) is 3.52. The third-order valence-corrected chi connectivity index (χ3v) is 4.43. The molecular weight excluding hydrogens is 338 g/mol. The van der Waals surface area contributed by atoms with Crippen LogP contribution in [0.15, 0.2) is 24.3 Å². The summed E-state index contributed by atoms with van der Waals surface area (Å²) in [5.74, 6) is -1.62. The summed E-state index contributed by atoms with van der Waals surface area (Å²) in [6.07, 6.45) is 4.84. The molecule has 4 nitrogen and oxygen atoms in total. The summed E-state index contributed by atoms with van der Waals surface area (Å²) in [6, 6.07) is 2.59. The van der Waals surface area contributed by atoms with Gasteiger partial charge in [0, 0.05) is 30.3 Å². The first-order valence-electron chi connectivity index (χ1n) is 9.06. The van der Waals surface area contributed by atoms with Gasteiger partial charge in [0.15, 0.2) is 0 Å². The summed E-state index contributed by atoms with van der Waals surface area (Å²) in [4.78, 5) is 26.7. The topological polar surface area (TPSA) is 49.4 Å². The van der Waals surface area contributed by atoms with E-state index < -0.39 is 17.7 Å². The second-order valence-electron chi connectivity index (χ2n) is 7.13. The highest BCUT2D eigenvalue weighted by Gasteiger charge is 2.36. The number of nitrogens with one attached hydrogen (secondary N) is 1. The van der Waals surface area contributed by atoms with Gasteiger partial charge in [0.25, 0.3) is 0 Å². The number of hydrogen-bond acceptors (Lipinski definition) is 2. The highest BCUT2D eigenvalue weighted by Crippen LogP contribution is 2.19. The van der Waals surface area contributed by atoms with Crippen molar-refractivity contribution in [2.75, 3.05) is 6.54 Å². The van der Waals surface area contributed by atoms with E-state index in [0.717, 1.165) is 25.0 Å². The van der Waals surface area contributed by atoms with Gasteiger partial charge in [-0.05, 0) is 37.0 Å². The van der Waals surface area contributed by atoms with Gasteiger partial charge in [-0.1, -0.05) is 27.2 Å². The normalized spacial score (nSPS) is 20.7. The maximum absolute atomic E-state index is 13.7. The van der Waals surface area contributed by atoms with E-state index in [4.69, 9.17) is 0 Å². The molecule has 1 fully saturated rings. The number of carbonyl (C=O) groups is 2. The first-order valence-corrected chi connectivity index (χ1v) is 9.06. The Bertz CT molecular complexity index is 688. The van der Waals surface area contributed by atoms with E-state index in [2.05, 4.69) is 5.32 Å². The van der Waals surface area contributed by atoms with E-state index in [1.54, 1.807) is 4.90 Å². The van der Waals surface area contributed by atoms with Crippen molar-refractivity contribution in [2.24, 2.45) is 5.92 Å². The fourth-order valence-corrected chi connectivity index (χ4v) is 3.18. The van der Waals surface area contributed by atoms with Gasteiger partial charge in [0.05, 0.1) is 0 Å². The highest BCUT2D eigenvalue weighted by atomic mass is 19.1. The van der Waals surface area contributed by atoms with Crippen LogP contribution in [0, 0.1) is 17.6 Å². The molecule has 0 radical (unpaired) electrons. The van der Waals surface area contributed by atoms with E-state index >= 15 is 0 Å². The molecule has 2 atom stereocenters. The van der Waals surface area contributed by atoms with Crippen LogP contribution in [-0.4, -0.2) is 35.3 Å². The van der Waals surface area contributed by atoms with Crippen LogP contribution in [0.1, 0.15) is 45.6 Å². The van der Waals surface area contributed by atoms with Gasteiger partial charge in [0.1, 0.15) is 17.7 Å². The second-order valence-corrected chi connectivity index (χ2v) is 7.13. The molecule has 2 rings (SSSR count). The maximum atomic E-state index is 13.7. The summed E-state index contributed by atoms with van der Waals surface area (Å²) < 4.78 is 26.7. The molecule has 1 saturated heterocycles. The molecule has 1 N–H and O–H groups in total. The number of hydrogen-bond donors (Lipinski definition) is 1. The number of halogens is 2. The lowest BCUT2D eigenvalue weighted by molar-refractivity contribution is -0.142. The van der Waals surface area contributed by atoms with Crippen molar-refractivity contribution >= 4 is 17.9 Å². The summed E-state index contributed by atoms with van der Waals surface area (Å²) in [5.41, 5.74) is 0.131. The number of nitrogens with zero attached hydrogens (tertiary/aromatic N) is 1. The minimum absolute atomic E-state index is 0.0733. The van der Waals surface area contributed by atoms with Crippen LogP contribution >= 0.6 is 0 Å². The van der Waals surface area contributed by atoms with Crippen molar-refractivity contribution in [2.45, 2.75) is 52.1 Å². The van der Waals surface area contributed by atoms with Gasteiger partial charge in [-0.3, -0.25) is 9.59 Å². The fourth-order valence-electron chi connectivity index (χ4n) is 3.18. The Morgan fingerprint density at radius 1 is 1.38 bits per heavy atom. The number of piperazine rings is 1. The van der Waals surface area contributed by atoms with Gasteiger partial charge in [-0.25, -0.2) is 8.78 Å². The van der Waals surface area contributed by atoms with Gasteiger partial charge in [-0.15, -0.1) is 0 Å². The average molecular weight is 364 g/mol. The summed E-state index contributed by atoms with van der Waals surface area (Å²) in [5, 5.41) is 2.99. The smallest absolute Gasteiger partial charge is 0.247 e. The third kappa shape index (κ3) is 5.13. The molecule has 6 heteroatoms. The van der Waals surface area contributed by atoms with Crippen molar-refractivity contribution in [1.82, 2.24) is 10.2 Å². The van der Waals surface area contributed by atoms with Crippen LogP contribution in [0.3, 0.4) is 0 Å². The first kappa shape index (κ1) is 20.1. The average Bonchev–Trinajstić information content (AvgIpc) is 2.56. The Balaban J connectivity index is 2.19. The SMILES string of the molecule is CCC[C@H]1CN(C(=O)/C=C/c2ccc(F)cc2F)[C@@H](CC(C)C)C(=O)N1. The number of carbonyl (C=O) groups excluding carboxylic acids is 2. The lowest BCUT2D eigenvalue weighted by Gasteiger charge is -2.39. The standard InChI is InChI=1S/C20H26F2N2O2/c1-4-5-16-12-24(18(10-13(2)3)20(26)23-16)19(25)9-7-14-6-8-15(21)11-17(14)22/h6-9,11,13,16,18H,4-5,10,12H2,1-3H3,(H,23,26)/b9-7+/t16-,18-/m0/s1. The van der Waals surface area contributed by atoms with E-state index in [1.165, 1.54) is 18.2 Å². The molecule has 26 heavy (non-hydrogen) atoms.